The van der Waals surface area contributed by atoms with Crippen LogP contribution in [-0.2, 0) is 0 Å². The first-order chi connectivity index (χ1) is 6.79. The van der Waals surface area contributed by atoms with Crippen LogP contribution in [-0.4, -0.2) is 45.2 Å². The molecule has 1 rings (SSSR count). The van der Waals surface area contributed by atoms with Gasteiger partial charge in [0.15, 0.2) is 5.69 Å². The van der Waals surface area contributed by atoms with E-state index in [0.29, 0.717) is 18.8 Å². The maximum atomic E-state index is 11.7. The first kappa shape index (κ1) is 11.1. The van der Waals surface area contributed by atoms with Gasteiger partial charge in [-0.25, -0.2) is 0 Å². The zero-order valence-electron chi connectivity index (χ0n) is 8.01. The Morgan fingerprint density at radius 2 is 2.43 bits per heavy atom. The molecule has 0 fully saturated rings. The normalized spacial score (nSPS) is 10.1. The Morgan fingerprint density at radius 1 is 1.64 bits per heavy atom. The quantitative estimate of drug-likeness (QED) is 0.771. The van der Waals surface area contributed by atoms with Gasteiger partial charge in [0.05, 0.1) is 6.61 Å². The molecule has 0 atom stereocenters. The van der Waals surface area contributed by atoms with Crippen molar-refractivity contribution in [3.05, 3.63) is 11.1 Å². The second-order valence-corrected chi connectivity index (χ2v) is 3.42. The van der Waals surface area contributed by atoms with Gasteiger partial charge in [-0.15, -0.1) is 5.10 Å². The smallest absolute Gasteiger partial charge is 0.275 e. The van der Waals surface area contributed by atoms with E-state index < -0.39 is 0 Å². The van der Waals surface area contributed by atoms with Crippen LogP contribution < -0.4 is 0 Å². The molecule has 0 spiro atoms. The van der Waals surface area contributed by atoms with Crippen molar-refractivity contribution in [2.75, 3.05) is 19.7 Å². The Bertz CT molecular complexity index is 270. The van der Waals surface area contributed by atoms with Gasteiger partial charge in [0, 0.05) is 18.5 Å². The highest BCUT2D eigenvalue weighted by Crippen LogP contribution is 2.03. The first-order valence-electron chi connectivity index (χ1n) is 4.46. The van der Waals surface area contributed by atoms with Crippen LogP contribution in [0.5, 0.6) is 0 Å². The highest BCUT2D eigenvalue weighted by atomic mass is 32.1. The topological polar surface area (TPSA) is 66.3 Å². The van der Waals surface area contributed by atoms with Gasteiger partial charge in [0.1, 0.15) is 0 Å². The lowest BCUT2D eigenvalue weighted by Crippen LogP contribution is -2.34. The van der Waals surface area contributed by atoms with Gasteiger partial charge in [0.2, 0.25) is 0 Å². The number of hydrogen-bond acceptors (Lipinski definition) is 5. The van der Waals surface area contributed by atoms with E-state index in [4.69, 9.17) is 5.11 Å². The summed E-state index contributed by atoms with van der Waals surface area (Å²) in [5, 5.41) is 14.1. The second kappa shape index (κ2) is 5.66. The molecule has 0 aromatic carbocycles. The van der Waals surface area contributed by atoms with Crippen molar-refractivity contribution in [1.82, 2.24) is 14.5 Å². The van der Waals surface area contributed by atoms with E-state index in [1.165, 1.54) is 0 Å². The van der Waals surface area contributed by atoms with Gasteiger partial charge < -0.3 is 10.0 Å². The average Bonchev–Trinajstić information content (AvgIpc) is 2.69. The molecule has 1 amide bonds. The first-order valence-corrected chi connectivity index (χ1v) is 5.30. The molecule has 1 heterocycles. The van der Waals surface area contributed by atoms with Crippen molar-refractivity contribution in [3.63, 3.8) is 0 Å². The van der Waals surface area contributed by atoms with Crippen LogP contribution in [0.2, 0.25) is 0 Å². The molecular weight excluding hydrogens is 202 g/mol. The van der Waals surface area contributed by atoms with E-state index >= 15 is 0 Å². The summed E-state index contributed by atoms with van der Waals surface area (Å²) in [6, 6.07) is 0. The summed E-state index contributed by atoms with van der Waals surface area (Å²) < 4.78 is 3.63. The minimum absolute atomic E-state index is 0.0245. The number of hydrogen-bond donors (Lipinski definition) is 1. The average molecular weight is 215 g/mol. The second-order valence-electron chi connectivity index (χ2n) is 2.81. The van der Waals surface area contributed by atoms with Crippen LogP contribution in [0.1, 0.15) is 23.8 Å². The fourth-order valence-electron chi connectivity index (χ4n) is 1.13. The molecule has 0 bridgehead atoms. The molecule has 0 saturated heterocycles. The Kier molecular flexibility index (Phi) is 4.48. The fraction of sp³-hybridized carbons (Fsp3) is 0.625. The monoisotopic (exact) mass is 215 g/mol. The molecule has 0 aliphatic heterocycles. The molecule has 0 radical (unpaired) electrons. The van der Waals surface area contributed by atoms with Gasteiger partial charge >= 0.3 is 0 Å². The maximum absolute atomic E-state index is 11.7. The van der Waals surface area contributed by atoms with E-state index in [9.17, 15) is 4.79 Å². The van der Waals surface area contributed by atoms with E-state index in [2.05, 4.69) is 9.59 Å². The number of carbonyl (C=O) groups is 1. The van der Waals surface area contributed by atoms with Crippen LogP contribution in [0.15, 0.2) is 5.38 Å². The molecule has 1 N–H and O–H groups in total. The van der Waals surface area contributed by atoms with Crippen molar-refractivity contribution in [3.8, 4) is 0 Å². The standard InChI is InChI=1S/C8H13N3O2S/c1-2-3-11(4-5-12)8(13)7-6-14-10-9-7/h6,12H,2-5H2,1H3. The summed E-state index contributed by atoms with van der Waals surface area (Å²) in [5.74, 6) is -0.158. The molecular formula is C8H13N3O2S. The molecule has 0 aliphatic carbocycles. The zero-order chi connectivity index (χ0) is 10.4. The zero-order valence-corrected chi connectivity index (χ0v) is 8.83. The third-order valence-corrected chi connectivity index (χ3v) is 2.23. The number of nitrogens with zero attached hydrogens (tertiary/aromatic N) is 3. The van der Waals surface area contributed by atoms with Gasteiger partial charge in [-0.05, 0) is 18.0 Å². The minimum Gasteiger partial charge on any atom is -0.395 e. The van der Waals surface area contributed by atoms with Gasteiger partial charge in [-0.1, -0.05) is 11.4 Å². The number of carbonyl (C=O) groups excluding carboxylic acids is 1. The third-order valence-electron chi connectivity index (χ3n) is 1.73. The largest absolute Gasteiger partial charge is 0.395 e. The number of aliphatic hydroxyl groups is 1. The maximum Gasteiger partial charge on any atom is 0.275 e. The van der Waals surface area contributed by atoms with Crippen molar-refractivity contribution < 1.29 is 9.90 Å². The summed E-state index contributed by atoms with van der Waals surface area (Å²) >= 11 is 1.15. The lowest BCUT2D eigenvalue weighted by atomic mass is 10.3. The molecule has 0 unspecified atom stereocenters. The molecule has 78 valence electrons. The van der Waals surface area contributed by atoms with Crippen LogP contribution in [0, 0.1) is 0 Å². The highest BCUT2D eigenvalue weighted by Gasteiger charge is 2.16. The van der Waals surface area contributed by atoms with E-state index in [-0.39, 0.29) is 12.5 Å². The Hall–Kier alpha value is -1.01. The predicted molar refractivity (Wildman–Crippen MR) is 53.2 cm³/mol. The summed E-state index contributed by atoms with van der Waals surface area (Å²) in [6.45, 7) is 2.95. The Morgan fingerprint density at radius 3 is 2.93 bits per heavy atom. The number of aliphatic hydroxyl groups excluding tert-OH is 1. The van der Waals surface area contributed by atoms with E-state index in [1.807, 2.05) is 6.92 Å². The van der Waals surface area contributed by atoms with Crippen LogP contribution in [0.25, 0.3) is 0 Å². The number of aromatic nitrogens is 2. The van der Waals surface area contributed by atoms with Crippen molar-refractivity contribution in [2.45, 2.75) is 13.3 Å². The Labute approximate surface area is 86.5 Å². The predicted octanol–water partition coefficient (Wildman–Crippen LogP) is 0.383. The van der Waals surface area contributed by atoms with E-state index in [0.717, 1.165) is 18.0 Å². The van der Waals surface area contributed by atoms with Gasteiger partial charge in [-0.2, -0.15) is 0 Å². The minimum atomic E-state index is -0.158. The summed E-state index contributed by atoms with van der Waals surface area (Å²) in [5.41, 5.74) is 0.358. The lowest BCUT2D eigenvalue weighted by molar-refractivity contribution is 0.0716. The SMILES string of the molecule is CCCN(CCO)C(=O)c1csnn1. The molecule has 1 aromatic rings. The van der Waals surface area contributed by atoms with Gasteiger partial charge in [-0.3, -0.25) is 4.79 Å². The van der Waals surface area contributed by atoms with Crippen LogP contribution >= 0.6 is 11.5 Å². The summed E-state index contributed by atoms with van der Waals surface area (Å²) in [6.07, 6.45) is 0.864. The summed E-state index contributed by atoms with van der Waals surface area (Å²) in [4.78, 5) is 13.3. The van der Waals surface area contributed by atoms with Gasteiger partial charge in [0.25, 0.3) is 5.91 Å². The number of amides is 1. The number of rotatable bonds is 5. The Balaban J connectivity index is 2.63. The molecule has 1 aromatic heterocycles. The van der Waals surface area contributed by atoms with Crippen molar-refractivity contribution >= 4 is 17.4 Å². The molecule has 0 saturated carbocycles. The van der Waals surface area contributed by atoms with Crippen LogP contribution in [0.4, 0.5) is 0 Å². The molecule has 0 aliphatic rings. The molecule has 5 nitrogen and oxygen atoms in total. The molecule has 6 heteroatoms. The molecule has 14 heavy (non-hydrogen) atoms. The lowest BCUT2D eigenvalue weighted by Gasteiger charge is -2.19. The third kappa shape index (κ3) is 2.74. The van der Waals surface area contributed by atoms with Crippen LogP contribution in [0.3, 0.4) is 0 Å². The van der Waals surface area contributed by atoms with Crippen molar-refractivity contribution in [1.29, 1.82) is 0 Å². The summed E-state index contributed by atoms with van der Waals surface area (Å²) in [7, 11) is 0. The van der Waals surface area contributed by atoms with E-state index in [1.54, 1.807) is 10.3 Å². The van der Waals surface area contributed by atoms with Crippen molar-refractivity contribution in [2.24, 2.45) is 0 Å². The fourth-order valence-corrected chi connectivity index (χ4v) is 1.56. The highest BCUT2D eigenvalue weighted by molar-refractivity contribution is 7.03.